The van der Waals surface area contributed by atoms with E-state index in [2.05, 4.69) is 26.5 Å². The van der Waals surface area contributed by atoms with E-state index in [9.17, 15) is 5.11 Å². The van der Waals surface area contributed by atoms with E-state index in [0.717, 1.165) is 49.4 Å². The van der Waals surface area contributed by atoms with Gasteiger partial charge in [-0.15, -0.1) is 0 Å². The largest absolute Gasteiger partial charge is 0.392 e. The van der Waals surface area contributed by atoms with Crippen molar-refractivity contribution in [3.63, 3.8) is 0 Å². The average Bonchev–Trinajstić information content (AvgIpc) is 3.26. The molecule has 1 aliphatic heterocycles. The Bertz CT molecular complexity index is 661. The molecular weight excluding hydrogens is 336 g/mol. The minimum atomic E-state index is -0.307. The molecule has 150 valence electrons. The molecule has 5 aliphatic rings. The van der Waals surface area contributed by atoms with Gasteiger partial charge in [0, 0.05) is 12.8 Å². The average molecular weight is 373 g/mol. The Morgan fingerprint density at radius 3 is 2.63 bits per heavy atom. The SMILES string of the molecule is C=C(CO)[C@H]1CC[C@H]2[C@@H]3CC=C4CC5(CC[C@]4(C)[C@H]3CC[C@]12C)OCCO5. The third kappa shape index (κ3) is 2.50. The summed E-state index contributed by atoms with van der Waals surface area (Å²) >= 11 is 0. The first-order valence-corrected chi connectivity index (χ1v) is 11.2. The molecule has 1 N–H and O–H groups in total. The van der Waals surface area contributed by atoms with Gasteiger partial charge in [-0.2, -0.15) is 0 Å². The highest BCUT2D eigenvalue weighted by Gasteiger charge is 2.60. The maximum Gasteiger partial charge on any atom is 0.172 e. The molecule has 1 saturated heterocycles. The Balaban J connectivity index is 1.43. The second-order valence-corrected chi connectivity index (χ2v) is 10.5. The molecule has 0 amide bonds. The fraction of sp³-hybridized carbons (Fsp3) is 0.833. The van der Waals surface area contributed by atoms with Crippen LogP contribution in [0.3, 0.4) is 0 Å². The third-order valence-electron chi connectivity index (χ3n) is 9.62. The topological polar surface area (TPSA) is 38.7 Å². The van der Waals surface area contributed by atoms with Crippen molar-refractivity contribution in [2.24, 2.45) is 34.5 Å². The Kier molecular flexibility index (Phi) is 4.21. The van der Waals surface area contributed by atoms with E-state index in [1.54, 1.807) is 5.57 Å². The van der Waals surface area contributed by atoms with Gasteiger partial charge in [0.25, 0.3) is 0 Å². The van der Waals surface area contributed by atoms with Gasteiger partial charge in [0.2, 0.25) is 0 Å². The fourth-order valence-electron chi connectivity index (χ4n) is 8.13. The normalized spacial score (nSPS) is 47.9. The molecular formula is C24H36O3. The van der Waals surface area contributed by atoms with Crippen LogP contribution in [-0.4, -0.2) is 30.7 Å². The summed E-state index contributed by atoms with van der Waals surface area (Å²) in [6.07, 6.45) is 12.2. The number of hydrogen-bond donors (Lipinski definition) is 1. The molecule has 1 heterocycles. The first-order valence-electron chi connectivity index (χ1n) is 11.2. The van der Waals surface area contributed by atoms with Crippen LogP contribution in [0.2, 0.25) is 0 Å². The van der Waals surface area contributed by atoms with Gasteiger partial charge in [0.15, 0.2) is 5.79 Å². The molecule has 0 bridgehead atoms. The Morgan fingerprint density at radius 2 is 1.89 bits per heavy atom. The molecule has 0 aromatic carbocycles. The Morgan fingerprint density at radius 1 is 1.11 bits per heavy atom. The predicted molar refractivity (Wildman–Crippen MR) is 106 cm³/mol. The standard InChI is InChI=1S/C24H36O3/c1-16(15-25)19-6-7-20-18-5-4-17-14-24(26-12-13-27-24)11-10-22(17,2)21(18)8-9-23(19,20)3/h4,18-21,25H,1,5-15H2,2-3H3/t18-,19+,20-,21-,22-,23+/m0/s1. The lowest BCUT2D eigenvalue weighted by molar-refractivity contribution is -0.185. The van der Waals surface area contributed by atoms with Crippen molar-refractivity contribution in [1.29, 1.82) is 0 Å². The Hall–Kier alpha value is -0.640. The van der Waals surface area contributed by atoms with Crippen LogP contribution in [0, 0.1) is 34.5 Å². The van der Waals surface area contributed by atoms with Crippen LogP contribution in [0.5, 0.6) is 0 Å². The van der Waals surface area contributed by atoms with Crippen LogP contribution in [0.25, 0.3) is 0 Å². The Labute approximate surface area is 164 Å². The molecule has 4 aliphatic carbocycles. The van der Waals surface area contributed by atoms with Gasteiger partial charge < -0.3 is 14.6 Å². The minimum Gasteiger partial charge on any atom is -0.392 e. The van der Waals surface area contributed by atoms with Crippen molar-refractivity contribution in [1.82, 2.24) is 0 Å². The van der Waals surface area contributed by atoms with Gasteiger partial charge in [-0.3, -0.25) is 0 Å². The number of hydrogen-bond acceptors (Lipinski definition) is 3. The molecule has 4 fully saturated rings. The van der Waals surface area contributed by atoms with Crippen LogP contribution < -0.4 is 0 Å². The van der Waals surface area contributed by atoms with E-state index in [0.29, 0.717) is 16.7 Å². The lowest BCUT2D eigenvalue weighted by Gasteiger charge is -2.59. The molecule has 3 heteroatoms. The van der Waals surface area contributed by atoms with Gasteiger partial charge in [0.1, 0.15) is 0 Å². The number of allylic oxidation sites excluding steroid dienone is 1. The van der Waals surface area contributed by atoms with Gasteiger partial charge in [0.05, 0.1) is 19.8 Å². The maximum absolute atomic E-state index is 9.70. The fourth-order valence-corrected chi connectivity index (χ4v) is 8.13. The summed E-state index contributed by atoms with van der Waals surface area (Å²) in [5.41, 5.74) is 3.37. The second kappa shape index (κ2) is 6.18. The van der Waals surface area contributed by atoms with Crippen molar-refractivity contribution in [3.8, 4) is 0 Å². The van der Waals surface area contributed by atoms with Gasteiger partial charge in [-0.1, -0.05) is 32.1 Å². The molecule has 27 heavy (non-hydrogen) atoms. The summed E-state index contributed by atoms with van der Waals surface area (Å²) < 4.78 is 12.1. The van der Waals surface area contributed by atoms with Crippen molar-refractivity contribution >= 4 is 0 Å². The predicted octanol–water partition coefficient (Wildman–Crippen LogP) is 4.86. The van der Waals surface area contributed by atoms with Crippen molar-refractivity contribution in [2.45, 2.75) is 71.0 Å². The molecule has 0 unspecified atom stereocenters. The number of ether oxygens (including phenoxy) is 2. The van der Waals surface area contributed by atoms with E-state index in [1.165, 1.54) is 38.5 Å². The van der Waals surface area contributed by atoms with Crippen LogP contribution in [0.4, 0.5) is 0 Å². The zero-order chi connectivity index (χ0) is 18.9. The monoisotopic (exact) mass is 372 g/mol. The zero-order valence-electron chi connectivity index (χ0n) is 17.1. The van der Waals surface area contributed by atoms with Gasteiger partial charge in [-0.25, -0.2) is 0 Å². The molecule has 6 atom stereocenters. The van der Waals surface area contributed by atoms with E-state index < -0.39 is 0 Å². The third-order valence-corrected chi connectivity index (χ3v) is 9.62. The van der Waals surface area contributed by atoms with Gasteiger partial charge >= 0.3 is 0 Å². The summed E-state index contributed by atoms with van der Waals surface area (Å²) in [5, 5.41) is 9.70. The molecule has 5 rings (SSSR count). The molecule has 0 aromatic rings. The van der Waals surface area contributed by atoms with Crippen LogP contribution in [0.15, 0.2) is 23.8 Å². The molecule has 0 radical (unpaired) electrons. The van der Waals surface area contributed by atoms with E-state index in [-0.39, 0.29) is 12.4 Å². The summed E-state index contributed by atoms with van der Waals surface area (Å²) in [6.45, 7) is 10.9. The minimum absolute atomic E-state index is 0.158. The summed E-state index contributed by atoms with van der Waals surface area (Å²) in [5.74, 6) is 2.60. The molecule has 3 saturated carbocycles. The van der Waals surface area contributed by atoms with E-state index in [1.807, 2.05) is 0 Å². The van der Waals surface area contributed by atoms with Gasteiger partial charge in [-0.05, 0) is 78.6 Å². The van der Waals surface area contributed by atoms with Crippen LogP contribution in [-0.2, 0) is 9.47 Å². The molecule has 0 aromatic heterocycles. The number of aliphatic hydroxyl groups excluding tert-OH is 1. The lowest BCUT2D eigenvalue weighted by atomic mass is 9.47. The van der Waals surface area contributed by atoms with Crippen molar-refractivity contribution in [2.75, 3.05) is 19.8 Å². The zero-order valence-corrected chi connectivity index (χ0v) is 17.1. The first-order chi connectivity index (χ1) is 12.9. The van der Waals surface area contributed by atoms with Crippen molar-refractivity contribution < 1.29 is 14.6 Å². The number of rotatable bonds is 2. The highest BCUT2D eigenvalue weighted by molar-refractivity contribution is 5.27. The quantitative estimate of drug-likeness (QED) is 0.704. The number of fused-ring (bicyclic) bond motifs is 5. The lowest BCUT2D eigenvalue weighted by Crippen LogP contribution is -2.52. The second-order valence-electron chi connectivity index (χ2n) is 10.5. The molecule has 1 spiro atoms. The molecule has 3 nitrogen and oxygen atoms in total. The smallest absolute Gasteiger partial charge is 0.172 e. The van der Waals surface area contributed by atoms with Crippen LogP contribution in [0.1, 0.15) is 65.2 Å². The summed E-state index contributed by atoms with van der Waals surface area (Å²) in [6, 6.07) is 0. The highest BCUT2D eigenvalue weighted by atomic mass is 16.7. The summed E-state index contributed by atoms with van der Waals surface area (Å²) in [4.78, 5) is 0. The first kappa shape index (κ1) is 18.4. The maximum atomic E-state index is 9.70. The van der Waals surface area contributed by atoms with Crippen molar-refractivity contribution in [3.05, 3.63) is 23.8 Å². The van der Waals surface area contributed by atoms with Crippen LogP contribution >= 0.6 is 0 Å². The van der Waals surface area contributed by atoms with E-state index >= 15 is 0 Å². The number of aliphatic hydroxyl groups is 1. The summed E-state index contributed by atoms with van der Waals surface area (Å²) in [7, 11) is 0. The highest BCUT2D eigenvalue weighted by Crippen LogP contribution is 2.67. The van der Waals surface area contributed by atoms with E-state index in [4.69, 9.17) is 9.47 Å².